The molecule has 0 unspecified atom stereocenters. The second kappa shape index (κ2) is 6.95. The van der Waals surface area contributed by atoms with E-state index in [-0.39, 0.29) is 18.3 Å². The minimum absolute atomic E-state index is 0.260. The van der Waals surface area contributed by atoms with Crippen molar-refractivity contribution in [3.63, 3.8) is 0 Å². The summed E-state index contributed by atoms with van der Waals surface area (Å²) in [6, 6.07) is 0. The molecule has 122 valence electrons. The predicted molar refractivity (Wildman–Crippen MR) is 82.2 cm³/mol. The maximum atomic E-state index is 10.2. The Kier molecular flexibility index (Phi) is 5.20. The molecule has 2 saturated carbocycles. The summed E-state index contributed by atoms with van der Waals surface area (Å²) in [5.41, 5.74) is 0. The first-order valence-corrected chi connectivity index (χ1v) is 8.73. The lowest BCUT2D eigenvalue weighted by molar-refractivity contribution is -0.0832. The number of hydrogen-bond acceptors (Lipinski definition) is 4. The average molecular weight is 297 g/mol. The Morgan fingerprint density at radius 1 is 1.19 bits per heavy atom. The van der Waals surface area contributed by atoms with E-state index in [1.54, 1.807) is 0 Å². The van der Waals surface area contributed by atoms with Crippen molar-refractivity contribution >= 4 is 0 Å². The molecule has 3 fully saturated rings. The maximum Gasteiger partial charge on any atom is 0.0900 e. The largest absolute Gasteiger partial charge is 0.389 e. The minimum Gasteiger partial charge on any atom is -0.389 e. The molecule has 4 nitrogen and oxygen atoms in total. The van der Waals surface area contributed by atoms with Crippen molar-refractivity contribution in [2.24, 2.45) is 17.8 Å². The van der Waals surface area contributed by atoms with Crippen LogP contribution in [-0.2, 0) is 9.47 Å². The second-order valence-corrected chi connectivity index (χ2v) is 7.60. The summed E-state index contributed by atoms with van der Waals surface area (Å²) in [6.45, 7) is 8.06. The number of rotatable bonds is 6. The molecule has 3 aliphatic rings. The summed E-state index contributed by atoms with van der Waals surface area (Å²) in [4.78, 5) is 2.30. The van der Waals surface area contributed by atoms with Gasteiger partial charge >= 0.3 is 0 Å². The van der Waals surface area contributed by atoms with Gasteiger partial charge in [0.05, 0.1) is 24.9 Å². The standard InChI is InChI=1S/C17H31NO3/c1-12-7-18(8-13(2)21-12)9-17(19)11-20-10-16-6-14-3-4-15(16)5-14/h12-17,19H,3-11H2,1-2H3/t12-,13+,14-,15-,16+,17-/m0/s1. The Labute approximate surface area is 128 Å². The van der Waals surface area contributed by atoms with Crippen LogP contribution >= 0.6 is 0 Å². The van der Waals surface area contributed by atoms with Gasteiger partial charge in [-0.2, -0.15) is 0 Å². The molecule has 0 radical (unpaired) electrons. The molecule has 1 N–H and O–H groups in total. The van der Waals surface area contributed by atoms with Crippen LogP contribution in [0.5, 0.6) is 0 Å². The van der Waals surface area contributed by atoms with Gasteiger partial charge in [-0.05, 0) is 50.9 Å². The fourth-order valence-electron chi connectivity index (χ4n) is 4.72. The van der Waals surface area contributed by atoms with Crippen molar-refractivity contribution in [1.82, 2.24) is 4.90 Å². The average Bonchev–Trinajstić information content (AvgIpc) is 2.99. The lowest BCUT2D eigenvalue weighted by atomic mass is 9.90. The molecule has 6 atom stereocenters. The number of nitrogens with zero attached hydrogens (tertiary/aromatic N) is 1. The van der Waals surface area contributed by atoms with Crippen LogP contribution < -0.4 is 0 Å². The minimum atomic E-state index is -0.374. The van der Waals surface area contributed by atoms with Crippen LogP contribution in [0.25, 0.3) is 0 Å². The van der Waals surface area contributed by atoms with Crippen molar-refractivity contribution in [2.45, 2.75) is 57.8 Å². The SMILES string of the molecule is C[C@@H]1CN(C[C@H](O)COC[C@H]2C[C@H]3CC[C@H]2C3)C[C@H](C)O1. The maximum absolute atomic E-state index is 10.2. The molecule has 1 saturated heterocycles. The van der Waals surface area contributed by atoms with Gasteiger partial charge in [-0.25, -0.2) is 0 Å². The predicted octanol–water partition coefficient (Wildman–Crippen LogP) is 1.91. The number of ether oxygens (including phenoxy) is 2. The lowest BCUT2D eigenvalue weighted by Crippen LogP contribution is -2.48. The molecule has 2 aliphatic carbocycles. The quantitative estimate of drug-likeness (QED) is 0.813. The van der Waals surface area contributed by atoms with Gasteiger partial charge in [0.15, 0.2) is 0 Å². The van der Waals surface area contributed by atoms with Crippen LogP contribution in [0, 0.1) is 17.8 Å². The molecule has 0 aromatic carbocycles. The summed E-state index contributed by atoms with van der Waals surface area (Å²) in [6.07, 6.45) is 5.79. The third-order valence-electron chi connectivity index (χ3n) is 5.49. The van der Waals surface area contributed by atoms with E-state index in [2.05, 4.69) is 18.7 Å². The van der Waals surface area contributed by atoms with E-state index in [4.69, 9.17) is 9.47 Å². The van der Waals surface area contributed by atoms with Gasteiger partial charge in [-0.1, -0.05) is 6.42 Å². The molecule has 0 amide bonds. The molecule has 1 heterocycles. The van der Waals surface area contributed by atoms with Crippen LogP contribution in [0.3, 0.4) is 0 Å². The summed E-state index contributed by atoms with van der Waals surface area (Å²) >= 11 is 0. The number of hydrogen-bond donors (Lipinski definition) is 1. The van der Waals surface area contributed by atoms with E-state index < -0.39 is 0 Å². The Bertz CT molecular complexity index is 328. The van der Waals surface area contributed by atoms with E-state index in [1.165, 1.54) is 25.7 Å². The van der Waals surface area contributed by atoms with Crippen molar-refractivity contribution in [2.75, 3.05) is 32.8 Å². The van der Waals surface area contributed by atoms with E-state index in [0.29, 0.717) is 13.2 Å². The van der Waals surface area contributed by atoms with Crippen molar-refractivity contribution in [3.05, 3.63) is 0 Å². The number of morpholine rings is 1. The summed E-state index contributed by atoms with van der Waals surface area (Å²) < 4.78 is 11.5. The highest BCUT2D eigenvalue weighted by Gasteiger charge is 2.39. The summed E-state index contributed by atoms with van der Waals surface area (Å²) in [5.74, 6) is 2.65. The van der Waals surface area contributed by atoms with Crippen molar-refractivity contribution in [1.29, 1.82) is 0 Å². The van der Waals surface area contributed by atoms with Crippen LogP contribution in [0.4, 0.5) is 0 Å². The van der Waals surface area contributed by atoms with Gasteiger partial charge in [0.1, 0.15) is 0 Å². The third kappa shape index (κ3) is 4.19. The normalized spacial score (nSPS) is 41.6. The van der Waals surface area contributed by atoms with Crippen LogP contribution in [0.2, 0.25) is 0 Å². The molecule has 4 heteroatoms. The first-order chi connectivity index (χ1) is 10.1. The summed E-state index contributed by atoms with van der Waals surface area (Å²) in [7, 11) is 0. The molecule has 2 bridgehead atoms. The van der Waals surface area contributed by atoms with E-state index in [0.717, 1.165) is 37.5 Å². The highest BCUT2D eigenvalue weighted by molar-refractivity contribution is 4.89. The molecule has 0 aromatic rings. The van der Waals surface area contributed by atoms with E-state index in [1.807, 2.05) is 0 Å². The third-order valence-corrected chi connectivity index (χ3v) is 5.49. The van der Waals surface area contributed by atoms with E-state index >= 15 is 0 Å². The smallest absolute Gasteiger partial charge is 0.0900 e. The Morgan fingerprint density at radius 2 is 1.95 bits per heavy atom. The molecule has 21 heavy (non-hydrogen) atoms. The van der Waals surface area contributed by atoms with Crippen molar-refractivity contribution in [3.8, 4) is 0 Å². The van der Waals surface area contributed by atoms with Crippen molar-refractivity contribution < 1.29 is 14.6 Å². The molecule has 1 aliphatic heterocycles. The van der Waals surface area contributed by atoms with Gasteiger partial charge in [0.2, 0.25) is 0 Å². The Morgan fingerprint density at radius 3 is 2.57 bits per heavy atom. The van der Waals surface area contributed by atoms with Crippen LogP contribution in [0.1, 0.15) is 39.5 Å². The molecule has 0 aromatic heterocycles. The van der Waals surface area contributed by atoms with Gasteiger partial charge in [-0.15, -0.1) is 0 Å². The molecule has 3 rings (SSSR count). The monoisotopic (exact) mass is 297 g/mol. The van der Waals surface area contributed by atoms with Crippen LogP contribution in [-0.4, -0.2) is 61.2 Å². The van der Waals surface area contributed by atoms with Gasteiger partial charge < -0.3 is 14.6 Å². The van der Waals surface area contributed by atoms with Gasteiger partial charge in [0.25, 0.3) is 0 Å². The topological polar surface area (TPSA) is 41.9 Å². The van der Waals surface area contributed by atoms with Gasteiger partial charge in [-0.3, -0.25) is 4.90 Å². The zero-order chi connectivity index (χ0) is 14.8. The number of fused-ring (bicyclic) bond motifs is 2. The fraction of sp³-hybridized carbons (Fsp3) is 1.00. The second-order valence-electron chi connectivity index (χ2n) is 7.60. The zero-order valence-electron chi connectivity index (χ0n) is 13.5. The summed E-state index contributed by atoms with van der Waals surface area (Å²) in [5, 5.41) is 10.2. The highest BCUT2D eigenvalue weighted by Crippen LogP contribution is 2.48. The Hall–Kier alpha value is -0.160. The Balaban J connectivity index is 1.32. The fourth-order valence-corrected chi connectivity index (χ4v) is 4.72. The number of aliphatic hydroxyl groups excluding tert-OH is 1. The van der Waals surface area contributed by atoms with Crippen LogP contribution in [0.15, 0.2) is 0 Å². The molecular weight excluding hydrogens is 266 g/mol. The number of β-amino-alcohol motifs (C(OH)–C–C–N with tert-alkyl or cyclic N) is 1. The molecule has 0 spiro atoms. The van der Waals surface area contributed by atoms with E-state index in [9.17, 15) is 5.11 Å². The van der Waals surface area contributed by atoms with Gasteiger partial charge in [0, 0.05) is 26.2 Å². The highest BCUT2D eigenvalue weighted by atomic mass is 16.5. The first-order valence-electron chi connectivity index (χ1n) is 8.73. The lowest BCUT2D eigenvalue weighted by Gasteiger charge is -2.36. The number of aliphatic hydroxyl groups is 1. The molecular formula is C17H31NO3. The zero-order valence-corrected chi connectivity index (χ0v) is 13.5. The first kappa shape index (κ1) is 15.7.